The van der Waals surface area contributed by atoms with Crippen LogP contribution >= 0.6 is 23.5 Å². The van der Waals surface area contributed by atoms with Crippen molar-refractivity contribution in [3.8, 4) is 0 Å². The summed E-state index contributed by atoms with van der Waals surface area (Å²) in [5, 5.41) is 3.85. The van der Waals surface area contributed by atoms with E-state index in [1.807, 2.05) is 23.5 Å². The van der Waals surface area contributed by atoms with Crippen LogP contribution in [0.2, 0.25) is 0 Å². The van der Waals surface area contributed by atoms with Crippen LogP contribution in [0.5, 0.6) is 0 Å². The molecule has 1 aromatic heterocycles. The fourth-order valence-electron chi connectivity index (χ4n) is 1.82. The Bertz CT molecular complexity index is 465. The van der Waals surface area contributed by atoms with E-state index in [4.69, 9.17) is 10.5 Å². The Balaban J connectivity index is 1.97. The van der Waals surface area contributed by atoms with Gasteiger partial charge in [0.25, 0.3) is 0 Å². The Kier molecular flexibility index (Phi) is 5.85. The molecule has 0 radical (unpaired) electrons. The number of rotatable bonds is 5. The van der Waals surface area contributed by atoms with Crippen LogP contribution in [0, 0.1) is 0 Å². The number of pyridine rings is 1. The van der Waals surface area contributed by atoms with Gasteiger partial charge >= 0.3 is 5.97 Å². The quantitative estimate of drug-likeness (QED) is 0.806. The number of nitrogens with two attached hydrogens (primary N) is 1. The van der Waals surface area contributed by atoms with Crippen LogP contribution < -0.4 is 11.1 Å². The number of hydrogen-bond donors (Lipinski definition) is 2. The molecular formula is C13H19N3O2S2. The number of aromatic nitrogens is 1. The molecule has 1 saturated heterocycles. The fraction of sp³-hybridized carbons (Fsp3) is 0.538. The molecule has 0 saturated carbocycles. The largest absolute Gasteiger partial charge is 0.462 e. The molecule has 1 atom stereocenters. The standard InChI is InChI=1S/C13H19N3O2S2/c1-2-18-13(17)10-5-12(16-7-11(10)14)15-6-9-8-19-3-4-20-9/h5,7,9H,2-4,6,8,14H2,1H3,(H,15,16). The Morgan fingerprint density at radius 2 is 2.45 bits per heavy atom. The summed E-state index contributed by atoms with van der Waals surface area (Å²) < 4.78 is 4.98. The molecular weight excluding hydrogens is 294 g/mol. The monoisotopic (exact) mass is 313 g/mol. The van der Waals surface area contributed by atoms with E-state index in [-0.39, 0.29) is 0 Å². The molecule has 1 unspecified atom stereocenters. The number of carbonyl (C=O) groups is 1. The van der Waals surface area contributed by atoms with E-state index in [0.29, 0.717) is 28.9 Å². The Morgan fingerprint density at radius 3 is 3.15 bits per heavy atom. The van der Waals surface area contributed by atoms with Crippen molar-refractivity contribution in [1.29, 1.82) is 0 Å². The van der Waals surface area contributed by atoms with E-state index in [2.05, 4.69) is 10.3 Å². The van der Waals surface area contributed by atoms with Crippen molar-refractivity contribution >= 4 is 41.0 Å². The van der Waals surface area contributed by atoms with Gasteiger partial charge in [-0.3, -0.25) is 0 Å². The molecule has 0 amide bonds. The van der Waals surface area contributed by atoms with Crippen molar-refractivity contribution in [2.24, 2.45) is 0 Å². The average Bonchev–Trinajstić information content (AvgIpc) is 2.47. The van der Waals surface area contributed by atoms with Crippen molar-refractivity contribution < 1.29 is 9.53 Å². The van der Waals surface area contributed by atoms with Crippen LogP contribution in [0.4, 0.5) is 11.5 Å². The average molecular weight is 313 g/mol. The molecule has 2 heterocycles. The van der Waals surface area contributed by atoms with Gasteiger partial charge in [0.15, 0.2) is 0 Å². The van der Waals surface area contributed by atoms with Crippen molar-refractivity contribution in [2.45, 2.75) is 12.2 Å². The topological polar surface area (TPSA) is 77.2 Å². The first kappa shape index (κ1) is 15.3. The van der Waals surface area contributed by atoms with E-state index in [9.17, 15) is 4.79 Å². The first-order valence-corrected chi connectivity index (χ1v) is 8.77. The maximum Gasteiger partial charge on any atom is 0.340 e. The molecule has 1 fully saturated rings. The second-order valence-corrected chi connectivity index (χ2v) is 6.88. The molecule has 20 heavy (non-hydrogen) atoms. The predicted octanol–water partition coefficient (Wildman–Crippen LogP) is 2.10. The molecule has 1 aromatic rings. The third-order valence-corrected chi connectivity index (χ3v) is 5.67. The highest BCUT2D eigenvalue weighted by Gasteiger charge is 2.16. The van der Waals surface area contributed by atoms with Crippen LogP contribution in [-0.4, -0.2) is 46.6 Å². The number of carbonyl (C=O) groups excluding carboxylic acids is 1. The SMILES string of the molecule is CCOC(=O)c1cc(NCC2CSCCS2)ncc1N. The van der Waals surface area contributed by atoms with E-state index < -0.39 is 5.97 Å². The van der Waals surface area contributed by atoms with E-state index in [0.717, 1.165) is 12.3 Å². The zero-order valence-corrected chi connectivity index (χ0v) is 13.1. The number of nitrogen functional groups attached to an aromatic ring is 1. The molecule has 3 N–H and O–H groups in total. The molecule has 0 aromatic carbocycles. The summed E-state index contributed by atoms with van der Waals surface area (Å²) in [4.78, 5) is 16.0. The van der Waals surface area contributed by atoms with Gasteiger partial charge in [0.2, 0.25) is 0 Å². The summed E-state index contributed by atoms with van der Waals surface area (Å²) in [6.45, 7) is 2.95. The van der Waals surface area contributed by atoms with Gasteiger partial charge in [-0.1, -0.05) is 0 Å². The maximum absolute atomic E-state index is 11.8. The first-order chi connectivity index (χ1) is 9.70. The van der Waals surface area contributed by atoms with Gasteiger partial charge < -0.3 is 15.8 Å². The van der Waals surface area contributed by atoms with E-state index in [1.54, 1.807) is 13.0 Å². The van der Waals surface area contributed by atoms with Gasteiger partial charge in [0.05, 0.1) is 24.1 Å². The van der Waals surface area contributed by atoms with Crippen molar-refractivity contribution in [3.05, 3.63) is 17.8 Å². The number of thioether (sulfide) groups is 2. The zero-order valence-electron chi connectivity index (χ0n) is 11.4. The normalized spacial score (nSPS) is 18.6. The summed E-state index contributed by atoms with van der Waals surface area (Å²) in [5.41, 5.74) is 6.48. The second-order valence-electron chi connectivity index (χ2n) is 4.33. The Labute approximate surface area is 127 Å². The van der Waals surface area contributed by atoms with Gasteiger partial charge in [-0.15, -0.1) is 0 Å². The predicted molar refractivity (Wildman–Crippen MR) is 86.7 cm³/mol. The third-order valence-electron chi connectivity index (χ3n) is 2.83. The van der Waals surface area contributed by atoms with Crippen molar-refractivity contribution in [2.75, 3.05) is 41.5 Å². The third kappa shape index (κ3) is 4.21. The highest BCUT2D eigenvalue weighted by Crippen LogP contribution is 2.24. The van der Waals surface area contributed by atoms with Crippen LogP contribution in [0.3, 0.4) is 0 Å². The van der Waals surface area contributed by atoms with Crippen molar-refractivity contribution in [3.63, 3.8) is 0 Å². The molecule has 5 nitrogen and oxygen atoms in total. The lowest BCUT2D eigenvalue weighted by Gasteiger charge is -2.21. The summed E-state index contributed by atoms with van der Waals surface area (Å²) >= 11 is 3.96. The number of ether oxygens (including phenoxy) is 1. The van der Waals surface area contributed by atoms with Crippen LogP contribution in [0.25, 0.3) is 0 Å². The van der Waals surface area contributed by atoms with Gasteiger partial charge in [0, 0.05) is 29.1 Å². The summed E-state index contributed by atoms with van der Waals surface area (Å²) in [7, 11) is 0. The number of hydrogen-bond acceptors (Lipinski definition) is 7. The highest BCUT2D eigenvalue weighted by molar-refractivity contribution is 8.06. The summed E-state index contributed by atoms with van der Waals surface area (Å²) in [6.07, 6.45) is 1.50. The molecule has 0 bridgehead atoms. The maximum atomic E-state index is 11.8. The van der Waals surface area contributed by atoms with Gasteiger partial charge in [-0.25, -0.2) is 9.78 Å². The first-order valence-electron chi connectivity index (χ1n) is 6.56. The lowest BCUT2D eigenvalue weighted by Crippen LogP contribution is -2.23. The fourth-order valence-corrected chi connectivity index (χ4v) is 4.43. The molecule has 110 valence electrons. The highest BCUT2D eigenvalue weighted by atomic mass is 32.2. The second kappa shape index (κ2) is 7.64. The molecule has 0 spiro atoms. The molecule has 2 rings (SSSR count). The van der Waals surface area contributed by atoms with Gasteiger partial charge in [-0.05, 0) is 13.0 Å². The molecule has 0 aliphatic carbocycles. The Hall–Kier alpha value is -1.08. The number of esters is 1. The van der Waals surface area contributed by atoms with Crippen LogP contribution in [0.1, 0.15) is 17.3 Å². The van der Waals surface area contributed by atoms with Crippen LogP contribution in [0.15, 0.2) is 12.3 Å². The summed E-state index contributed by atoms with van der Waals surface area (Å²) in [6, 6.07) is 1.66. The van der Waals surface area contributed by atoms with E-state index >= 15 is 0 Å². The van der Waals surface area contributed by atoms with Crippen LogP contribution in [-0.2, 0) is 4.74 Å². The molecule has 1 aliphatic heterocycles. The minimum atomic E-state index is -0.405. The number of nitrogens with one attached hydrogen (secondary N) is 1. The number of anilines is 2. The lowest BCUT2D eigenvalue weighted by molar-refractivity contribution is 0.0527. The van der Waals surface area contributed by atoms with Gasteiger partial charge in [0.1, 0.15) is 5.82 Å². The zero-order chi connectivity index (χ0) is 14.4. The lowest BCUT2D eigenvalue weighted by atomic mass is 10.2. The smallest absolute Gasteiger partial charge is 0.340 e. The summed E-state index contributed by atoms with van der Waals surface area (Å²) in [5.74, 6) is 3.84. The molecule has 1 aliphatic rings. The molecule has 7 heteroatoms. The number of nitrogens with zero attached hydrogens (tertiary/aromatic N) is 1. The minimum absolute atomic E-state index is 0.333. The Morgan fingerprint density at radius 1 is 1.60 bits per heavy atom. The van der Waals surface area contributed by atoms with E-state index in [1.165, 1.54) is 17.7 Å². The van der Waals surface area contributed by atoms with Gasteiger partial charge in [-0.2, -0.15) is 23.5 Å². The van der Waals surface area contributed by atoms with Crippen molar-refractivity contribution in [1.82, 2.24) is 4.98 Å². The minimum Gasteiger partial charge on any atom is -0.462 e.